The minimum Gasteiger partial charge on any atom is -0.422 e. The number of carbonyl (C=O) groups excluding carboxylic acids is 1. The second-order valence-corrected chi connectivity index (χ2v) is 5.61. The van der Waals surface area contributed by atoms with Gasteiger partial charge in [-0.3, -0.25) is 4.79 Å². The van der Waals surface area contributed by atoms with Crippen LogP contribution in [0.1, 0.15) is 6.92 Å². The SMILES string of the molecule is CC(=O)NC(=S)Nc1ccc(-c2cc3ccccc3oc2=O)cc1. The smallest absolute Gasteiger partial charge is 0.344 e. The number of thiocarbonyl (C=S) groups is 1. The molecule has 1 amide bonds. The Morgan fingerprint density at radius 3 is 2.50 bits per heavy atom. The Hall–Kier alpha value is -2.99. The molecule has 1 aromatic heterocycles. The first kappa shape index (κ1) is 15.9. The van der Waals surface area contributed by atoms with Crippen molar-refractivity contribution < 1.29 is 9.21 Å². The van der Waals surface area contributed by atoms with Crippen molar-refractivity contribution >= 4 is 39.9 Å². The number of carbonyl (C=O) groups is 1. The lowest BCUT2D eigenvalue weighted by molar-refractivity contribution is -0.117. The lowest BCUT2D eigenvalue weighted by Gasteiger charge is -2.09. The molecule has 0 fully saturated rings. The monoisotopic (exact) mass is 338 g/mol. The third-order valence-corrected chi connectivity index (χ3v) is 3.59. The second kappa shape index (κ2) is 6.64. The first-order valence-electron chi connectivity index (χ1n) is 7.25. The first-order valence-corrected chi connectivity index (χ1v) is 7.65. The molecule has 24 heavy (non-hydrogen) atoms. The normalized spacial score (nSPS) is 10.4. The van der Waals surface area contributed by atoms with Crippen LogP contribution in [0.3, 0.4) is 0 Å². The molecule has 6 heteroatoms. The molecule has 0 unspecified atom stereocenters. The lowest BCUT2D eigenvalue weighted by Crippen LogP contribution is -2.32. The van der Waals surface area contributed by atoms with Crippen LogP contribution in [-0.4, -0.2) is 11.0 Å². The fraction of sp³-hybridized carbons (Fsp3) is 0.0556. The van der Waals surface area contributed by atoms with Gasteiger partial charge < -0.3 is 15.1 Å². The molecule has 0 saturated carbocycles. The maximum atomic E-state index is 12.2. The van der Waals surface area contributed by atoms with Gasteiger partial charge in [-0.2, -0.15) is 0 Å². The summed E-state index contributed by atoms with van der Waals surface area (Å²) in [4.78, 5) is 23.1. The highest BCUT2D eigenvalue weighted by Gasteiger charge is 2.08. The Labute approximate surface area is 143 Å². The van der Waals surface area contributed by atoms with Crippen LogP contribution in [0.15, 0.2) is 63.8 Å². The predicted molar refractivity (Wildman–Crippen MR) is 98.0 cm³/mol. The number of rotatable bonds is 2. The van der Waals surface area contributed by atoms with Crippen molar-refractivity contribution in [2.45, 2.75) is 6.92 Å². The summed E-state index contributed by atoms with van der Waals surface area (Å²) in [7, 11) is 0. The maximum Gasteiger partial charge on any atom is 0.344 e. The van der Waals surface area contributed by atoms with Crippen molar-refractivity contribution in [3.63, 3.8) is 0 Å². The van der Waals surface area contributed by atoms with Gasteiger partial charge in [-0.15, -0.1) is 0 Å². The number of para-hydroxylation sites is 1. The molecule has 0 bridgehead atoms. The van der Waals surface area contributed by atoms with E-state index in [0.29, 0.717) is 16.8 Å². The van der Waals surface area contributed by atoms with E-state index in [0.717, 1.165) is 10.9 Å². The molecule has 0 aliphatic carbocycles. The largest absolute Gasteiger partial charge is 0.422 e. The van der Waals surface area contributed by atoms with Gasteiger partial charge in [-0.25, -0.2) is 4.79 Å². The Bertz CT molecular complexity index is 977. The molecular weight excluding hydrogens is 324 g/mol. The zero-order chi connectivity index (χ0) is 17.1. The Kier molecular flexibility index (Phi) is 4.39. The van der Waals surface area contributed by atoms with Gasteiger partial charge in [0.1, 0.15) is 5.58 Å². The molecule has 0 saturated heterocycles. The molecule has 0 atom stereocenters. The van der Waals surface area contributed by atoms with E-state index in [2.05, 4.69) is 10.6 Å². The van der Waals surface area contributed by atoms with E-state index in [4.69, 9.17) is 16.6 Å². The van der Waals surface area contributed by atoms with E-state index < -0.39 is 0 Å². The van der Waals surface area contributed by atoms with Crippen molar-refractivity contribution in [2.24, 2.45) is 0 Å². The third kappa shape index (κ3) is 3.49. The van der Waals surface area contributed by atoms with Gasteiger partial charge in [0.25, 0.3) is 0 Å². The number of anilines is 1. The van der Waals surface area contributed by atoms with Crippen LogP contribution in [0.2, 0.25) is 0 Å². The average molecular weight is 338 g/mol. The minimum atomic E-state index is -0.386. The molecule has 0 aliphatic heterocycles. The fourth-order valence-corrected chi connectivity index (χ4v) is 2.58. The highest BCUT2D eigenvalue weighted by atomic mass is 32.1. The predicted octanol–water partition coefficient (Wildman–Crippen LogP) is 3.29. The van der Waals surface area contributed by atoms with Crippen LogP contribution < -0.4 is 16.3 Å². The molecule has 3 aromatic rings. The summed E-state index contributed by atoms with van der Waals surface area (Å²) >= 11 is 5.00. The van der Waals surface area contributed by atoms with Crippen LogP contribution in [0, 0.1) is 0 Å². The standard InChI is InChI=1S/C18H14N2O3S/c1-11(21)19-18(24)20-14-8-6-12(7-9-14)15-10-13-4-2-3-5-16(13)23-17(15)22/h2-10H,1H3,(H2,19,20,21,24). The van der Waals surface area contributed by atoms with E-state index in [1.807, 2.05) is 24.3 Å². The van der Waals surface area contributed by atoms with Gasteiger partial charge >= 0.3 is 5.63 Å². The van der Waals surface area contributed by atoms with Crippen LogP contribution >= 0.6 is 12.2 Å². The zero-order valence-corrected chi connectivity index (χ0v) is 13.6. The number of nitrogens with one attached hydrogen (secondary N) is 2. The summed E-state index contributed by atoms with van der Waals surface area (Å²) in [6.07, 6.45) is 0. The molecule has 0 spiro atoms. The van der Waals surface area contributed by atoms with Crippen molar-refractivity contribution in [2.75, 3.05) is 5.32 Å². The van der Waals surface area contributed by atoms with Crippen molar-refractivity contribution in [3.05, 3.63) is 65.0 Å². The highest BCUT2D eigenvalue weighted by Crippen LogP contribution is 2.22. The van der Waals surface area contributed by atoms with E-state index in [1.165, 1.54) is 6.92 Å². The Balaban J connectivity index is 1.88. The molecule has 5 nitrogen and oxygen atoms in total. The van der Waals surface area contributed by atoms with Gasteiger partial charge in [0, 0.05) is 18.0 Å². The summed E-state index contributed by atoms with van der Waals surface area (Å²) in [5.41, 5.74) is 2.12. The summed E-state index contributed by atoms with van der Waals surface area (Å²) < 4.78 is 5.35. The van der Waals surface area contributed by atoms with E-state index in [9.17, 15) is 9.59 Å². The van der Waals surface area contributed by atoms with Crippen molar-refractivity contribution in [1.82, 2.24) is 5.32 Å². The summed E-state index contributed by atoms with van der Waals surface area (Å²) in [6, 6.07) is 16.3. The third-order valence-electron chi connectivity index (χ3n) is 3.38. The number of fused-ring (bicyclic) bond motifs is 1. The van der Waals surface area contributed by atoms with Crippen LogP contribution in [0.5, 0.6) is 0 Å². The molecule has 120 valence electrons. The van der Waals surface area contributed by atoms with Gasteiger partial charge in [-0.05, 0) is 42.0 Å². The van der Waals surface area contributed by atoms with Gasteiger partial charge in [0.15, 0.2) is 5.11 Å². The molecular formula is C18H14N2O3S. The molecule has 0 aliphatic rings. The van der Waals surface area contributed by atoms with E-state index in [-0.39, 0.29) is 16.6 Å². The van der Waals surface area contributed by atoms with Crippen LogP contribution in [0.25, 0.3) is 22.1 Å². The quantitative estimate of drug-likeness (QED) is 0.554. The van der Waals surface area contributed by atoms with Crippen LogP contribution in [0.4, 0.5) is 5.69 Å². The summed E-state index contributed by atoms with van der Waals surface area (Å²) in [5.74, 6) is -0.238. The lowest BCUT2D eigenvalue weighted by atomic mass is 10.1. The first-order chi connectivity index (χ1) is 11.5. The average Bonchev–Trinajstić information content (AvgIpc) is 2.54. The van der Waals surface area contributed by atoms with Crippen molar-refractivity contribution in [3.8, 4) is 11.1 Å². The topological polar surface area (TPSA) is 71.3 Å². The van der Waals surface area contributed by atoms with E-state index >= 15 is 0 Å². The van der Waals surface area contributed by atoms with E-state index in [1.54, 1.807) is 30.3 Å². The van der Waals surface area contributed by atoms with Gasteiger partial charge in [0.05, 0.1) is 5.56 Å². The minimum absolute atomic E-state index is 0.223. The Morgan fingerprint density at radius 1 is 1.08 bits per heavy atom. The fourth-order valence-electron chi connectivity index (χ4n) is 2.32. The molecule has 0 radical (unpaired) electrons. The summed E-state index contributed by atoms with van der Waals surface area (Å²) in [6.45, 7) is 1.38. The second-order valence-electron chi connectivity index (χ2n) is 5.20. The Morgan fingerprint density at radius 2 is 1.79 bits per heavy atom. The number of benzene rings is 2. The van der Waals surface area contributed by atoms with Gasteiger partial charge in [-0.1, -0.05) is 30.3 Å². The summed E-state index contributed by atoms with van der Waals surface area (Å²) in [5, 5.41) is 6.46. The highest BCUT2D eigenvalue weighted by molar-refractivity contribution is 7.80. The molecule has 3 rings (SSSR count). The number of hydrogen-bond donors (Lipinski definition) is 2. The number of hydrogen-bond acceptors (Lipinski definition) is 4. The molecule has 2 aromatic carbocycles. The van der Waals surface area contributed by atoms with Crippen molar-refractivity contribution in [1.29, 1.82) is 0 Å². The molecule has 1 heterocycles. The van der Waals surface area contributed by atoms with Gasteiger partial charge in [0.2, 0.25) is 5.91 Å². The number of amides is 1. The maximum absolute atomic E-state index is 12.2. The molecule has 2 N–H and O–H groups in total. The zero-order valence-electron chi connectivity index (χ0n) is 12.8. The van der Waals surface area contributed by atoms with Crippen LogP contribution in [-0.2, 0) is 4.79 Å².